The number of rotatable bonds is 4. The molecule has 112 valence electrons. The lowest BCUT2D eigenvalue weighted by Crippen LogP contribution is -2.26. The van der Waals surface area contributed by atoms with E-state index in [1.54, 1.807) is 29.4 Å². The fraction of sp³-hybridized carbons (Fsp3) is 0.125. The number of aromatic nitrogens is 2. The number of nitrogens with one attached hydrogen (secondary N) is 1. The van der Waals surface area contributed by atoms with Gasteiger partial charge in [0.1, 0.15) is 5.69 Å². The molecular weight excluding hydrogens is 362 g/mol. The van der Waals surface area contributed by atoms with Gasteiger partial charge in [0.2, 0.25) is 0 Å². The van der Waals surface area contributed by atoms with E-state index in [0.717, 1.165) is 20.6 Å². The number of carbonyl (C=O) groups excluding carboxylic acids is 1. The van der Waals surface area contributed by atoms with Crippen LogP contribution >= 0.6 is 27.3 Å². The number of thiophene rings is 1. The molecule has 2 aromatic heterocycles. The van der Waals surface area contributed by atoms with Gasteiger partial charge in [0.15, 0.2) is 0 Å². The van der Waals surface area contributed by atoms with Crippen LogP contribution in [0, 0.1) is 0 Å². The van der Waals surface area contributed by atoms with Crippen molar-refractivity contribution in [1.29, 1.82) is 0 Å². The highest BCUT2D eigenvalue weighted by molar-refractivity contribution is 9.10. The fourth-order valence-corrected chi connectivity index (χ4v) is 3.64. The minimum atomic E-state index is -0.0702. The van der Waals surface area contributed by atoms with E-state index >= 15 is 0 Å². The molecule has 6 heteroatoms. The molecule has 1 N–H and O–H groups in total. The van der Waals surface area contributed by atoms with E-state index in [2.05, 4.69) is 26.1 Å². The van der Waals surface area contributed by atoms with Crippen molar-refractivity contribution in [3.63, 3.8) is 0 Å². The highest BCUT2D eigenvalue weighted by Gasteiger charge is 2.16. The van der Waals surface area contributed by atoms with E-state index in [9.17, 15) is 4.79 Å². The standard InChI is InChI=1S/C16H14BrN3OS/c1-20(9-13-7-12(17)10-22-13)16(21)15-8-14(18-19-15)11-5-3-2-4-6-11/h2-8,10H,9H2,1H3,(H,18,19). The second-order valence-electron chi connectivity index (χ2n) is 4.93. The quantitative estimate of drug-likeness (QED) is 0.743. The Hall–Kier alpha value is -1.92. The van der Waals surface area contributed by atoms with Gasteiger partial charge < -0.3 is 4.90 Å². The molecule has 0 unspecified atom stereocenters. The van der Waals surface area contributed by atoms with Crippen molar-refractivity contribution in [3.8, 4) is 11.3 Å². The molecule has 2 heterocycles. The molecule has 0 radical (unpaired) electrons. The molecule has 1 amide bonds. The summed E-state index contributed by atoms with van der Waals surface area (Å²) in [5, 5.41) is 9.06. The summed E-state index contributed by atoms with van der Waals surface area (Å²) < 4.78 is 1.04. The van der Waals surface area contributed by atoms with Crippen LogP contribution in [0.25, 0.3) is 11.3 Å². The molecule has 0 spiro atoms. The molecule has 0 atom stereocenters. The van der Waals surface area contributed by atoms with Gasteiger partial charge in [-0.25, -0.2) is 0 Å². The molecule has 0 saturated carbocycles. The number of nitrogens with zero attached hydrogens (tertiary/aromatic N) is 2. The number of aromatic amines is 1. The lowest BCUT2D eigenvalue weighted by molar-refractivity contribution is 0.0780. The molecule has 4 nitrogen and oxygen atoms in total. The van der Waals surface area contributed by atoms with Crippen LogP contribution < -0.4 is 0 Å². The Bertz CT molecular complexity index is 782. The summed E-state index contributed by atoms with van der Waals surface area (Å²) >= 11 is 5.05. The zero-order valence-electron chi connectivity index (χ0n) is 11.9. The molecule has 0 bridgehead atoms. The van der Waals surface area contributed by atoms with E-state index < -0.39 is 0 Å². The molecule has 0 aliphatic heterocycles. The van der Waals surface area contributed by atoms with Crippen LogP contribution in [0.1, 0.15) is 15.4 Å². The van der Waals surface area contributed by atoms with Crippen molar-refractivity contribution >= 4 is 33.2 Å². The van der Waals surface area contributed by atoms with Gasteiger partial charge >= 0.3 is 0 Å². The third kappa shape index (κ3) is 3.28. The summed E-state index contributed by atoms with van der Waals surface area (Å²) in [4.78, 5) is 15.3. The first-order chi connectivity index (χ1) is 10.6. The third-order valence-electron chi connectivity index (χ3n) is 3.24. The Morgan fingerprint density at radius 2 is 2.09 bits per heavy atom. The average Bonchev–Trinajstić information content (AvgIpc) is 3.17. The number of hydrogen-bond donors (Lipinski definition) is 1. The van der Waals surface area contributed by atoms with Crippen molar-refractivity contribution in [2.45, 2.75) is 6.54 Å². The van der Waals surface area contributed by atoms with E-state index in [1.165, 1.54) is 0 Å². The molecule has 3 aromatic rings. The largest absolute Gasteiger partial charge is 0.335 e. The maximum Gasteiger partial charge on any atom is 0.271 e. The lowest BCUT2D eigenvalue weighted by atomic mass is 10.1. The van der Waals surface area contributed by atoms with Gasteiger partial charge in [-0.05, 0) is 28.1 Å². The van der Waals surface area contributed by atoms with Crippen LogP contribution in [-0.2, 0) is 6.54 Å². The van der Waals surface area contributed by atoms with Crippen LogP contribution in [0.3, 0.4) is 0 Å². The van der Waals surface area contributed by atoms with Gasteiger partial charge in [-0.1, -0.05) is 30.3 Å². The number of amides is 1. The van der Waals surface area contributed by atoms with Gasteiger partial charge in [0, 0.05) is 27.3 Å². The van der Waals surface area contributed by atoms with Crippen LogP contribution in [0.5, 0.6) is 0 Å². The van der Waals surface area contributed by atoms with Gasteiger partial charge in [-0.15, -0.1) is 11.3 Å². The van der Waals surface area contributed by atoms with Gasteiger partial charge in [0.25, 0.3) is 5.91 Å². The summed E-state index contributed by atoms with van der Waals surface area (Å²) in [5.74, 6) is -0.0702. The fourth-order valence-electron chi connectivity index (χ4n) is 2.14. The van der Waals surface area contributed by atoms with E-state index in [-0.39, 0.29) is 5.91 Å². The molecule has 22 heavy (non-hydrogen) atoms. The van der Waals surface area contributed by atoms with Crippen molar-refractivity contribution in [1.82, 2.24) is 15.1 Å². The summed E-state index contributed by atoms with van der Waals surface area (Å²) in [7, 11) is 1.79. The first kappa shape index (κ1) is 15.0. The molecule has 0 aliphatic carbocycles. The zero-order chi connectivity index (χ0) is 15.5. The minimum absolute atomic E-state index is 0.0702. The number of H-pyrrole nitrogens is 1. The lowest BCUT2D eigenvalue weighted by Gasteiger charge is -2.14. The van der Waals surface area contributed by atoms with Crippen LogP contribution in [0.4, 0.5) is 0 Å². The molecule has 0 aliphatic rings. The Kier molecular flexibility index (Phi) is 4.40. The van der Waals surface area contributed by atoms with Crippen LogP contribution in [0.2, 0.25) is 0 Å². The Morgan fingerprint density at radius 1 is 1.32 bits per heavy atom. The van der Waals surface area contributed by atoms with E-state index in [4.69, 9.17) is 0 Å². The Balaban J connectivity index is 1.74. The zero-order valence-corrected chi connectivity index (χ0v) is 14.3. The Labute approximate surface area is 140 Å². The molecule has 0 saturated heterocycles. The highest BCUT2D eigenvalue weighted by Crippen LogP contribution is 2.22. The third-order valence-corrected chi connectivity index (χ3v) is 4.92. The number of benzene rings is 1. The number of halogens is 1. The second-order valence-corrected chi connectivity index (χ2v) is 6.84. The van der Waals surface area contributed by atoms with E-state index in [1.807, 2.05) is 41.8 Å². The SMILES string of the molecule is CN(Cc1cc(Br)cs1)C(=O)c1cc(-c2ccccc2)n[nH]1. The summed E-state index contributed by atoms with van der Waals surface area (Å²) in [6.07, 6.45) is 0. The molecule has 0 fully saturated rings. The second kappa shape index (κ2) is 6.46. The van der Waals surface area contributed by atoms with Crippen molar-refractivity contribution < 1.29 is 4.79 Å². The maximum absolute atomic E-state index is 12.4. The summed E-state index contributed by atoms with van der Waals surface area (Å²) in [6, 6.07) is 13.6. The predicted octanol–water partition coefficient (Wildman–Crippen LogP) is 4.17. The smallest absolute Gasteiger partial charge is 0.271 e. The van der Waals surface area contributed by atoms with Gasteiger partial charge in [-0.2, -0.15) is 5.10 Å². The first-order valence-corrected chi connectivity index (χ1v) is 8.40. The minimum Gasteiger partial charge on any atom is -0.335 e. The number of carbonyl (C=O) groups is 1. The Morgan fingerprint density at radius 3 is 2.77 bits per heavy atom. The topological polar surface area (TPSA) is 49.0 Å². The monoisotopic (exact) mass is 375 g/mol. The molecule has 3 rings (SSSR count). The number of hydrogen-bond acceptors (Lipinski definition) is 3. The summed E-state index contributed by atoms with van der Waals surface area (Å²) in [5.41, 5.74) is 2.26. The van der Waals surface area contributed by atoms with Crippen molar-refractivity contribution in [3.05, 3.63) is 62.9 Å². The normalized spacial score (nSPS) is 10.6. The van der Waals surface area contributed by atoms with Crippen molar-refractivity contribution in [2.75, 3.05) is 7.05 Å². The van der Waals surface area contributed by atoms with Crippen LogP contribution in [0.15, 0.2) is 52.3 Å². The van der Waals surface area contributed by atoms with E-state index in [0.29, 0.717) is 12.2 Å². The first-order valence-electron chi connectivity index (χ1n) is 6.72. The molecule has 1 aromatic carbocycles. The highest BCUT2D eigenvalue weighted by atomic mass is 79.9. The van der Waals surface area contributed by atoms with Gasteiger partial charge in [-0.3, -0.25) is 9.89 Å². The van der Waals surface area contributed by atoms with Crippen LogP contribution in [-0.4, -0.2) is 28.1 Å². The van der Waals surface area contributed by atoms with Crippen molar-refractivity contribution in [2.24, 2.45) is 0 Å². The predicted molar refractivity (Wildman–Crippen MR) is 91.8 cm³/mol. The average molecular weight is 376 g/mol. The molecular formula is C16H14BrN3OS. The van der Waals surface area contributed by atoms with Gasteiger partial charge in [0.05, 0.1) is 12.2 Å². The maximum atomic E-state index is 12.4. The summed E-state index contributed by atoms with van der Waals surface area (Å²) in [6.45, 7) is 0.578.